The van der Waals surface area contributed by atoms with Crippen molar-refractivity contribution in [2.24, 2.45) is 0 Å². The fourth-order valence-corrected chi connectivity index (χ4v) is 12.6. The van der Waals surface area contributed by atoms with Gasteiger partial charge in [0, 0.05) is 45.0 Å². The Bertz CT molecular complexity index is 4250. The third-order valence-electron chi connectivity index (χ3n) is 16.6. The van der Waals surface area contributed by atoms with Crippen LogP contribution in [0, 0.1) is 0 Å². The zero-order valence-corrected chi connectivity index (χ0v) is 43.3. The van der Waals surface area contributed by atoms with Crippen LogP contribution in [0.25, 0.3) is 77.2 Å². The third-order valence-corrected chi connectivity index (χ3v) is 16.6. The minimum absolute atomic E-state index is 0.107. The Hall–Kier alpha value is -9.24. The van der Waals surface area contributed by atoms with E-state index in [2.05, 4.69) is 304 Å². The monoisotopic (exact) mass is 972 g/mol. The number of anilines is 6. The molecule has 12 aromatic carbocycles. The molecule has 0 unspecified atom stereocenters. The number of nitrogens with zero attached hydrogens (tertiary/aromatic N) is 2. The summed E-state index contributed by atoms with van der Waals surface area (Å²) in [6.45, 7) is 9.43. The van der Waals surface area contributed by atoms with Gasteiger partial charge in [-0.15, -0.1) is 0 Å². The molecule has 0 amide bonds. The second kappa shape index (κ2) is 17.7. The lowest BCUT2D eigenvalue weighted by molar-refractivity contribution is 0.660. The van der Waals surface area contributed by atoms with Crippen LogP contribution in [-0.2, 0) is 10.8 Å². The summed E-state index contributed by atoms with van der Waals surface area (Å²) in [4.78, 5) is 4.85. The number of fused-ring (bicyclic) bond motifs is 8. The van der Waals surface area contributed by atoms with Gasteiger partial charge in [-0.1, -0.05) is 210 Å². The molecular weight excluding hydrogens is 917 g/mol. The first kappa shape index (κ1) is 45.4. The second-order valence-corrected chi connectivity index (χ2v) is 21.8. The van der Waals surface area contributed by atoms with Gasteiger partial charge in [0.2, 0.25) is 0 Å². The Kier molecular flexibility index (Phi) is 10.6. The Morgan fingerprint density at radius 1 is 0.211 bits per heavy atom. The Labute approximate surface area is 446 Å². The van der Waals surface area contributed by atoms with Gasteiger partial charge in [0.15, 0.2) is 0 Å². The van der Waals surface area contributed by atoms with E-state index in [1.54, 1.807) is 0 Å². The lowest BCUT2D eigenvalue weighted by Crippen LogP contribution is -2.16. The van der Waals surface area contributed by atoms with Crippen LogP contribution in [0.15, 0.2) is 267 Å². The van der Waals surface area contributed by atoms with E-state index in [0.717, 1.165) is 34.1 Å². The normalized spacial score (nSPS) is 13.5. The smallest absolute Gasteiger partial charge is 0.0468 e. The van der Waals surface area contributed by atoms with Crippen molar-refractivity contribution in [2.45, 2.75) is 38.5 Å². The van der Waals surface area contributed by atoms with Crippen molar-refractivity contribution in [1.29, 1.82) is 0 Å². The molecule has 0 aromatic heterocycles. The van der Waals surface area contributed by atoms with E-state index in [0.29, 0.717) is 0 Å². The van der Waals surface area contributed by atoms with Gasteiger partial charge >= 0.3 is 0 Å². The highest BCUT2D eigenvalue weighted by Gasteiger charge is 2.37. The zero-order valence-electron chi connectivity index (χ0n) is 43.3. The van der Waals surface area contributed by atoms with E-state index in [4.69, 9.17) is 0 Å². The first-order chi connectivity index (χ1) is 37.2. The molecule has 0 fully saturated rings. The van der Waals surface area contributed by atoms with Crippen LogP contribution in [0.5, 0.6) is 0 Å². The molecule has 362 valence electrons. The van der Waals surface area contributed by atoms with E-state index in [-0.39, 0.29) is 10.8 Å². The standard InChI is InChI=1S/C74H56N2/c1-73(2)69-28-11-9-26-65(69)67-40-38-63(47-71(67)73)75(61-36-32-49-16-5-7-18-56(49)44-61)59-34-30-51(31-35-59)52-20-13-21-53(42-52)54-22-14-23-55(43-54)58-24-15-25-60(46-58)76(62-37-33-50-17-6-8-19-57(50)45-62)64-39-41-68-66-27-10-12-29-70(66)74(3,4)72(68)48-64/h5-48H,1-4H3. The van der Waals surface area contributed by atoms with Gasteiger partial charge in [0.1, 0.15) is 0 Å². The molecule has 0 atom stereocenters. The van der Waals surface area contributed by atoms with E-state index >= 15 is 0 Å². The van der Waals surface area contributed by atoms with E-state index in [1.807, 2.05) is 0 Å². The molecule has 2 aliphatic carbocycles. The number of rotatable bonds is 9. The second-order valence-electron chi connectivity index (χ2n) is 21.8. The summed E-state index contributed by atoms with van der Waals surface area (Å²) in [5.74, 6) is 0. The predicted octanol–water partition coefficient (Wildman–Crippen LogP) is 20.5. The molecule has 0 spiro atoms. The van der Waals surface area contributed by atoms with Gasteiger partial charge in [-0.3, -0.25) is 0 Å². The summed E-state index contributed by atoms with van der Waals surface area (Å²) in [7, 11) is 0. The van der Waals surface area contributed by atoms with Crippen LogP contribution in [0.4, 0.5) is 34.1 Å². The van der Waals surface area contributed by atoms with Crippen molar-refractivity contribution in [1.82, 2.24) is 0 Å². The fraction of sp³-hybridized carbons (Fsp3) is 0.0811. The number of hydrogen-bond acceptors (Lipinski definition) is 2. The van der Waals surface area contributed by atoms with Gasteiger partial charge in [0.25, 0.3) is 0 Å². The lowest BCUT2D eigenvalue weighted by atomic mass is 9.82. The van der Waals surface area contributed by atoms with E-state index < -0.39 is 0 Å². The van der Waals surface area contributed by atoms with Crippen LogP contribution in [0.1, 0.15) is 49.9 Å². The van der Waals surface area contributed by atoms with Gasteiger partial charge in [-0.25, -0.2) is 0 Å². The summed E-state index contributed by atoms with van der Waals surface area (Å²) >= 11 is 0. The zero-order chi connectivity index (χ0) is 51.1. The van der Waals surface area contributed by atoms with Crippen LogP contribution in [0.3, 0.4) is 0 Å². The van der Waals surface area contributed by atoms with Crippen molar-refractivity contribution in [3.63, 3.8) is 0 Å². The van der Waals surface area contributed by atoms with Crippen molar-refractivity contribution >= 4 is 55.7 Å². The number of hydrogen-bond donors (Lipinski definition) is 0. The quantitative estimate of drug-likeness (QED) is 0.142. The Balaban J connectivity index is 0.795. The highest BCUT2D eigenvalue weighted by molar-refractivity contribution is 5.94. The van der Waals surface area contributed by atoms with Crippen molar-refractivity contribution in [2.75, 3.05) is 9.80 Å². The summed E-state index contributed by atoms with van der Waals surface area (Å²) in [5, 5.41) is 4.90. The average molecular weight is 973 g/mol. The molecule has 76 heavy (non-hydrogen) atoms. The SMILES string of the molecule is CC1(C)c2ccccc2-c2ccc(N(c3ccc(-c4cccc(-c5cccc(-c6cccc(N(c7ccc8c(c7)C(C)(C)c7ccccc7-8)c7ccc8ccccc8c7)c6)c5)c4)cc3)c3ccc4ccccc4c3)cc21. The van der Waals surface area contributed by atoms with Crippen LogP contribution >= 0.6 is 0 Å². The first-order valence-corrected chi connectivity index (χ1v) is 26.6. The average Bonchev–Trinajstić information content (AvgIpc) is 3.86. The molecule has 2 nitrogen and oxygen atoms in total. The lowest BCUT2D eigenvalue weighted by Gasteiger charge is -2.28. The molecule has 12 aromatic rings. The van der Waals surface area contributed by atoms with E-state index in [9.17, 15) is 0 Å². The summed E-state index contributed by atoms with van der Waals surface area (Å²) in [5.41, 5.74) is 24.4. The molecular formula is C74H56N2. The van der Waals surface area contributed by atoms with Gasteiger partial charge in [0.05, 0.1) is 0 Å². The minimum Gasteiger partial charge on any atom is -0.310 e. The molecule has 2 heteroatoms. The van der Waals surface area contributed by atoms with E-state index in [1.165, 1.54) is 99.4 Å². The molecule has 0 N–H and O–H groups in total. The molecule has 0 saturated heterocycles. The van der Waals surface area contributed by atoms with Crippen molar-refractivity contribution in [3.05, 3.63) is 289 Å². The molecule has 0 heterocycles. The molecule has 14 rings (SSSR count). The minimum atomic E-state index is -0.116. The maximum absolute atomic E-state index is 2.43. The fourth-order valence-electron chi connectivity index (χ4n) is 12.6. The Morgan fingerprint density at radius 3 is 1.05 bits per heavy atom. The molecule has 0 saturated carbocycles. The van der Waals surface area contributed by atoms with Gasteiger partial charge < -0.3 is 9.80 Å². The maximum Gasteiger partial charge on any atom is 0.0468 e. The highest BCUT2D eigenvalue weighted by atomic mass is 15.1. The molecule has 2 aliphatic rings. The third kappa shape index (κ3) is 7.55. The summed E-state index contributed by atoms with van der Waals surface area (Å²) in [6, 6.07) is 98.9. The van der Waals surface area contributed by atoms with Crippen molar-refractivity contribution < 1.29 is 0 Å². The first-order valence-electron chi connectivity index (χ1n) is 26.6. The summed E-state index contributed by atoms with van der Waals surface area (Å²) < 4.78 is 0. The molecule has 0 bridgehead atoms. The Morgan fingerprint density at radius 2 is 0.553 bits per heavy atom. The van der Waals surface area contributed by atoms with Gasteiger partial charge in [-0.05, 0) is 184 Å². The molecule has 0 radical (unpaired) electrons. The largest absolute Gasteiger partial charge is 0.310 e. The van der Waals surface area contributed by atoms with Crippen LogP contribution in [-0.4, -0.2) is 0 Å². The predicted molar refractivity (Wildman–Crippen MR) is 322 cm³/mol. The van der Waals surface area contributed by atoms with Crippen LogP contribution in [0.2, 0.25) is 0 Å². The number of benzene rings is 12. The van der Waals surface area contributed by atoms with Crippen molar-refractivity contribution in [3.8, 4) is 55.6 Å². The maximum atomic E-state index is 2.43. The topological polar surface area (TPSA) is 6.48 Å². The highest BCUT2D eigenvalue weighted by Crippen LogP contribution is 2.53. The van der Waals surface area contributed by atoms with Crippen LogP contribution < -0.4 is 9.80 Å². The van der Waals surface area contributed by atoms with Gasteiger partial charge in [-0.2, -0.15) is 0 Å². The summed E-state index contributed by atoms with van der Waals surface area (Å²) in [6.07, 6.45) is 0. The molecule has 0 aliphatic heterocycles.